The number of amides is 1. The molecule has 4 rings (SSSR count). The van der Waals surface area contributed by atoms with Crippen molar-refractivity contribution in [3.8, 4) is 16.3 Å². The van der Waals surface area contributed by atoms with Crippen LogP contribution in [0.2, 0.25) is 5.02 Å². The van der Waals surface area contributed by atoms with E-state index in [1.807, 2.05) is 55.5 Å². The zero-order chi connectivity index (χ0) is 19.5. The monoisotopic (exact) mass is 409 g/mol. The van der Waals surface area contributed by atoms with Crippen LogP contribution >= 0.6 is 22.9 Å². The molecule has 140 valence electrons. The van der Waals surface area contributed by atoms with E-state index in [4.69, 9.17) is 11.6 Å². The Bertz CT molecular complexity index is 1090. The lowest BCUT2D eigenvalue weighted by Crippen LogP contribution is -2.26. The lowest BCUT2D eigenvalue weighted by atomic mass is 10.1. The third-order valence-electron chi connectivity index (χ3n) is 4.23. The lowest BCUT2D eigenvalue weighted by molar-refractivity contribution is 0.0935. The van der Waals surface area contributed by atoms with E-state index in [1.54, 1.807) is 16.4 Å². The van der Waals surface area contributed by atoms with Crippen molar-refractivity contribution < 1.29 is 4.79 Å². The standard InChI is InChI=1S/C20H16ClN5OS/c1-13(14-5-7-17(8-6-14)26-12-22-11-23-26)24-19(27)18-10-28-20(25-18)15-3-2-4-16(21)9-15/h2-13H,1H3,(H,24,27)/t13-/m1/s1. The number of nitrogens with zero attached hydrogens (tertiary/aromatic N) is 4. The summed E-state index contributed by atoms with van der Waals surface area (Å²) < 4.78 is 1.68. The van der Waals surface area contributed by atoms with Crippen LogP contribution in [-0.4, -0.2) is 25.7 Å². The number of aromatic nitrogens is 4. The predicted molar refractivity (Wildman–Crippen MR) is 110 cm³/mol. The zero-order valence-corrected chi connectivity index (χ0v) is 16.5. The Kier molecular flexibility index (Phi) is 5.18. The molecule has 0 saturated carbocycles. The predicted octanol–water partition coefficient (Wildman–Crippen LogP) is 4.54. The van der Waals surface area contributed by atoms with Crippen LogP contribution < -0.4 is 5.32 Å². The van der Waals surface area contributed by atoms with Gasteiger partial charge in [-0.3, -0.25) is 4.79 Å². The smallest absolute Gasteiger partial charge is 0.271 e. The van der Waals surface area contributed by atoms with E-state index in [9.17, 15) is 4.79 Å². The molecule has 1 N–H and O–H groups in total. The Morgan fingerprint density at radius 1 is 1.21 bits per heavy atom. The third-order valence-corrected chi connectivity index (χ3v) is 5.36. The Morgan fingerprint density at radius 3 is 2.75 bits per heavy atom. The minimum Gasteiger partial charge on any atom is -0.344 e. The van der Waals surface area contributed by atoms with Crippen LogP contribution in [0.25, 0.3) is 16.3 Å². The largest absolute Gasteiger partial charge is 0.344 e. The Morgan fingerprint density at radius 2 is 2.04 bits per heavy atom. The molecule has 0 aliphatic rings. The molecular weight excluding hydrogens is 394 g/mol. The molecule has 2 aromatic carbocycles. The minimum absolute atomic E-state index is 0.159. The summed E-state index contributed by atoms with van der Waals surface area (Å²) >= 11 is 7.45. The number of benzene rings is 2. The van der Waals surface area contributed by atoms with Crippen LogP contribution in [0.3, 0.4) is 0 Å². The molecule has 0 aliphatic carbocycles. The van der Waals surface area contributed by atoms with Gasteiger partial charge in [0, 0.05) is 16.0 Å². The molecular formula is C20H16ClN5OS. The van der Waals surface area contributed by atoms with Crippen LogP contribution in [-0.2, 0) is 0 Å². The first-order valence-electron chi connectivity index (χ1n) is 8.57. The summed E-state index contributed by atoms with van der Waals surface area (Å²) in [5, 5.41) is 10.2. The van der Waals surface area contributed by atoms with Gasteiger partial charge >= 0.3 is 0 Å². The van der Waals surface area contributed by atoms with Crippen LogP contribution in [0.4, 0.5) is 0 Å². The number of carbonyl (C=O) groups is 1. The van der Waals surface area contributed by atoms with E-state index in [-0.39, 0.29) is 11.9 Å². The van der Waals surface area contributed by atoms with Gasteiger partial charge in [0.1, 0.15) is 23.4 Å². The van der Waals surface area contributed by atoms with Crippen molar-refractivity contribution in [3.05, 3.63) is 82.8 Å². The number of nitrogens with one attached hydrogen (secondary N) is 1. The summed E-state index contributed by atoms with van der Waals surface area (Å²) in [6, 6.07) is 15.1. The maximum Gasteiger partial charge on any atom is 0.271 e. The molecule has 0 radical (unpaired) electrons. The molecule has 1 amide bonds. The number of thiazole rings is 1. The zero-order valence-electron chi connectivity index (χ0n) is 14.9. The number of carbonyl (C=O) groups excluding carboxylic acids is 1. The van der Waals surface area contributed by atoms with Gasteiger partial charge in [-0.25, -0.2) is 14.6 Å². The van der Waals surface area contributed by atoms with Crippen molar-refractivity contribution in [2.45, 2.75) is 13.0 Å². The number of halogens is 1. The van der Waals surface area contributed by atoms with E-state index in [0.717, 1.165) is 21.8 Å². The van der Waals surface area contributed by atoms with Gasteiger partial charge in [-0.15, -0.1) is 11.3 Å². The highest BCUT2D eigenvalue weighted by molar-refractivity contribution is 7.13. The molecule has 2 aromatic heterocycles. The molecule has 28 heavy (non-hydrogen) atoms. The summed E-state index contributed by atoms with van der Waals surface area (Å²) in [6.07, 6.45) is 3.13. The highest BCUT2D eigenvalue weighted by Crippen LogP contribution is 2.26. The maximum atomic E-state index is 12.6. The summed E-state index contributed by atoms with van der Waals surface area (Å²) in [4.78, 5) is 21.0. The fraction of sp³-hybridized carbons (Fsp3) is 0.100. The van der Waals surface area contributed by atoms with Gasteiger partial charge in [-0.1, -0.05) is 35.9 Å². The van der Waals surface area contributed by atoms with Gasteiger partial charge in [0.05, 0.1) is 11.7 Å². The fourth-order valence-corrected chi connectivity index (χ4v) is 3.73. The molecule has 4 aromatic rings. The van der Waals surface area contributed by atoms with Crippen LogP contribution in [0.5, 0.6) is 0 Å². The van der Waals surface area contributed by atoms with Gasteiger partial charge in [-0.05, 0) is 36.8 Å². The quantitative estimate of drug-likeness (QED) is 0.525. The van der Waals surface area contributed by atoms with Crippen molar-refractivity contribution in [2.24, 2.45) is 0 Å². The normalized spacial score (nSPS) is 11.9. The first kappa shape index (κ1) is 18.3. The third kappa shape index (κ3) is 3.95. The minimum atomic E-state index is -0.211. The first-order valence-corrected chi connectivity index (χ1v) is 9.83. The molecule has 6 nitrogen and oxygen atoms in total. The van der Waals surface area contributed by atoms with E-state index in [2.05, 4.69) is 20.4 Å². The number of rotatable bonds is 5. The van der Waals surface area contributed by atoms with Crippen molar-refractivity contribution >= 4 is 28.8 Å². The topological polar surface area (TPSA) is 72.7 Å². The van der Waals surface area contributed by atoms with E-state index in [0.29, 0.717) is 10.7 Å². The second-order valence-corrected chi connectivity index (χ2v) is 7.47. The summed E-state index contributed by atoms with van der Waals surface area (Å²) in [5.74, 6) is -0.211. The average Bonchev–Trinajstić information content (AvgIpc) is 3.40. The highest BCUT2D eigenvalue weighted by atomic mass is 35.5. The highest BCUT2D eigenvalue weighted by Gasteiger charge is 2.15. The average molecular weight is 410 g/mol. The van der Waals surface area contributed by atoms with Crippen LogP contribution in [0.15, 0.2) is 66.6 Å². The van der Waals surface area contributed by atoms with E-state index < -0.39 is 0 Å². The maximum absolute atomic E-state index is 12.6. The molecule has 1 atom stereocenters. The fourth-order valence-electron chi connectivity index (χ4n) is 2.74. The Labute approximate surface area is 170 Å². The molecule has 8 heteroatoms. The molecule has 2 heterocycles. The van der Waals surface area contributed by atoms with Gasteiger partial charge in [0.25, 0.3) is 5.91 Å². The van der Waals surface area contributed by atoms with E-state index >= 15 is 0 Å². The second kappa shape index (κ2) is 7.92. The van der Waals surface area contributed by atoms with E-state index in [1.165, 1.54) is 17.7 Å². The first-order chi connectivity index (χ1) is 13.6. The Balaban J connectivity index is 1.45. The van der Waals surface area contributed by atoms with Crippen molar-refractivity contribution in [1.82, 2.24) is 25.1 Å². The van der Waals surface area contributed by atoms with Crippen molar-refractivity contribution in [3.63, 3.8) is 0 Å². The van der Waals surface area contributed by atoms with Gasteiger partial charge in [0.15, 0.2) is 0 Å². The van der Waals surface area contributed by atoms with Gasteiger partial charge in [-0.2, -0.15) is 5.10 Å². The number of hydrogen-bond donors (Lipinski definition) is 1. The van der Waals surface area contributed by atoms with Gasteiger partial charge < -0.3 is 5.32 Å². The van der Waals surface area contributed by atoms with Gasteiger partial charge in [0.2, 0.25) is 0 Å². The number of hydrogen-bond acceptors (Lipinski definition) is 5. The van der Waals surface area contributed by atoms with Crippen LogP contribution in [0.1, 0.15) is 29.0 Å². The molecule has 0 bridgehead atoms. The molecule has 0 spiro atoms. The SMILES string of the molecule is C[C@@H](NC(=O)c1csc(-c2cccc(Cl)c2)n1)c1ccc(-n2cncn2)cc1. The second-order valence-electron chi connectivity index (χ2n) is 6.17. The summed E-state index contributed by atoms with van der Waals surface area (Å²) in [6.45, 7) is 1.94. The molecule has 0 fully saturated rings. The van der Waals surface area contributed by atoms with Crippen molar-refractivity contribution in [2.75, 3.05) is 0 Å². The summed E-state index contributed by atoms with van der Waals surface area (Å²) in [5.41, 5.74) is 3.19. The summed E-state index contributed by atoms with van der Waals surface area (Å²) in [7, 11) is 0. The molecule has 0 saturated heterocycles. The van der Waals surface area contributed by atoms with Crippen molar-refractivity contribution in [1.29, 1.82) is 0 Å². The molecule has 0 aliphatic heterocycles. The molecule has 0 unspecified atom stereocenters. The Hall–Kier alpha value is -3.03. The van der Waals surface area contributed by atoms with Crippen LogP contribution in [0, 0.1) is 0 Å². The lowest BCUT2D eigenvalue weighted by Gasteiger charge is -2.14.